The number of hydrogen-bond acceptors (Lipinski definition) is 4. The molecule has 6 heteroatoms. The van der Waals surface area contributed by atoms with Crippen molar-refractivity contribution in [3.05, 3.63) is 23.8 Å². The number of ketones is 1. The van der Waals surface area contributed by atoms with Crippen LogP contribution >= 0.6 is 0 Å². The van der Waals surface area contributed by atoms with Gasteiger partial charge in [0, 0.05) is 5.92 Å². The van der Waals surface area contributed by atoms with E-state index >= 15 is 0 Å². The van der Waals surface area contributed by atoms with Crippen LogP contribution in [0.1, 0.15) is 67.1 Å². The first-order valence-electron chi connectivity index (χ1n) is 10.9. The molecule has 0 aliphatic heterocycles. The van der Waals surface area contributed by atoms with Gasteiger partial charge < -0.3 is 13.6 Å². The summed E-state index contributed by atoms with van der Waals surface area (Å²) in [7, 11) is -2.42. The van der Waals surface area contributed by atoms with Crippen LogP contribution < -0.4 is 9.16 Å². The molecule has 0 unspecified atom stereocenters. The van der Waals surface area contributed by atoms with Crippen LogP contribution in [0, 0.1) is 5.92 Å². The van der Waals surface area contributed by atoms with E-state index in [4.69, 9.17) is 13.6 Å². The van der Waals surface area contributed by atoms with E-state index in [2.05, 4.69) is 67.7 Å². The molecule has 0 radical (unpaired) electrons. The summed E-state index contributed by atoms with van der Waals surface area (Å²) in [5, 5.41) is 0.144. The van der Waals surface area contributed by atoms with Gasteiger partial charge in [-0.05, 0) is 60.9 Å². The van der Waals surface area contributed by atoms with Crippen molar-refractivity contribution >= 4 is 22.4 Å². The molecule has 1 aromatic carbocycles. The molecule has 0 heterocycles. The summed E-state index contributed by atoms with van der Waals surface area (Å²) >= 11 is 0. The summed E-state index contributed by atoms with van der Waals surface area (Å²) in [4.78, 5) is 12.3. The van der Waals surface area contributed by atoms with E-state index in [1.54, 1.807) is 14.0 Å². The van der Waals surface area contributed by atoms with Gasteiger partial charge in [-0.25, -0.2) is 0 Å². The average Bonchev–Trinajstić information content (AvgIpc) is 2.57. The molecule has 4 nitrogen and oxygen atoms in total. The first kappa shape index (κ1) is 26.9. The average molecular weight is 453 g/mol. The lowest BCUT2D eigenvalue weighted by Crippen LogP contribution is -2.44. The van der Waals surface area contributed by atoms with Crippen molar-refractivity contribution < 1.29 is 18.4 Å². The van der Waals surface area contributed by atoms with Crippen molar-refractivity contribution in [2.24, 2.45) is 5.92 Å². The molecule has 0 aromatic heterocycles. The smallest absolute Gasteiger partial charge is 0.250 e. The monoisotopic (exact) mass is 452 g/mol. The largest absolute Gasteiger partial charge is 0.541 e. The fourth-order valence-corrected chi connectivity index (χ4v) is 4.89. The molecule has 0 aliphatic rings. The highest BCUT2D eigenvalue weighted by atomic mass is 28.4. The molecule has 0 aliphatic carbocycles. The van der Waals surface area contributed by atoms with E-state index in [1.165, 1.54) is 0 Å². The minimum atomic E-state index is -2.08. The van der Waals surface area contributed by atoms with Gasteiger partial charge in [-0.2, -0.15) is 0 Å². The molecular weight excluding hydrogens is 408 g/mol. The Kier molecular flexibility index (Phi) is 8.23. The maximum Gasteiger partial charge on any atom is 0.250 e. The Morgan fingerprint density at radius 3 is 1.80 bits per heavy atom. The summed E-state index contributed by atoms with van der Waals surface area (Å²) < 4.78 is 18.9. The molecule has 0 N–H and O–H groups in total. The Hall–Kier alpha value is -1.12. The van der Waals surface area contributed by atoms with Crippen molar-refractivity contribution in [3.8, 4) is 11.5 Å². The van der Waals surface area contributed by atoms with Gasteiger partial charge in [0.2, 0.25) is 0 Å². The summed E-state index contributed by atoms with van der Waals surface area (Å²) in [5.74, 6) is 1.33. The second kappa shape index (κ2) is 9.17. The molecule has 30 heavy (non-hydrogen) atoms. The predicted molar refractivity (Wildman–Crippen MR) is 132 cm³/mol. The minimum absolute atomic E-state index is 0.0528. The predicted octanol–water partition coefficient (Wildman–Crippen LogP) is 7.37. The van der Waals surface area contributed by atoms with E-state index in [0.29, 0.717) is 5.75 Å². The molecule has 0 saturated carbocycles. The van der Waals surface area contributed by atoms with Gasteiger partial charge in [0.1, 0.15) is 11.5 Å². The first-order chi connectivity index (χ1) is 13.3. The van der Waals surface area contributed by atoms with Crippen LogP contribution in [-0.2, 0) is 9.22 Å². The van der Waals surface area contributed by atoms with E-state index in [1.807, 2.05) is 25.1 Å². The van der Waals surface area contributed by atoms with Crippen molar-refractivity contribution in [1.29, 1.82) is 0 Å². The summed E-state index contributed by atoms with van der Waals surface area (Å²) in [6, 6.07) is 5.99. The maximum atomic E-state index is 12.3. The lowest BCUT2D eigenvalue weighted by atomic mass is 9.94. The number of benzene rings is 1. The summed E-state index contributed by atoms with van der Waals surface area (Å²) in [6.45, 7) is 25.8. The normalized spacial score (nSPS) is 15.5. The zero-order valence-electron chi connectivity index (χ0n) is 21.5. The number of ether oxygens (including phenoxy) is 1. The maximum absolute atomic E-state index is 12.3. The summed E-state index contributed by atoms with van der Waals surface area (Å²) in [5.41, 5.74) is 0.960. The zero-order valence-corrected chi connectivity index (χ0v) is 23.5. The van der Waals surface area contributed by atoms with Crippen LogP contribution in [0.4, 0.5) is 0 Å². The van der Waals surface area contributed by atoms with E-state index in [9.17, 15) is 4.79 Å². The third-order valence-electron chi connectivity index (χ3n) is 7.01. The number of carbonyl (C=O) groups excluding carboxylic acids is 1. The van der Waals surface area contributed by atoms with Gasteiger partial charge in [-0.3, -0.25) is 4.79 Å². The Morgan fingerprint density at radius 1 is 0.900 bits per heavy atom. The third-order valence-corrected chi connectivity index (χ3v) is 15.8. The Labute approximate surface area is 187 Å². The highest BCUT2D eigenvalue weighted by Gasteiger charge is 2.42. The van der Waals surface area contributed by atoms with E-state index in [0.717, 1.165) is 11.3 Å². The van der Waals surface area contributed by atoms with Crippen molar-refractivity contribution in [2.45, 2.75) is 97.8 Å². The topological polar surface area (TPSA) is 44.8 Å². The zero-order chi connectivity index (χ0) is 23.7. The van der Waals surface area contributed by atoms with Crippen LogP contribution in [0.15, 0.2) is 18.2 Å². The molecule has 0 bridgehead atoms. The molecule has 1 rings (SSSR count). The molecule has 0 saturated heterocycles. The van der Waals surface area contributed by atoms with Crippen molar-refractivity contribution in [1.82, 2.24) is 0 Å². The highest BCUT2D eigenvalue weighted by molar-refractivity contribution is 6.75. The molecule has 0 amide bonds. The number of carbonyl (C=O) groups is 1. The van der Waals surface area contributed by atoms with Gasteiger partial charge in [0.25, 0.3) is 8.32 Å². The molecule has 0 spiro atoms. The molecule has 2 atom stereocenters. The lowest BCUT2D eigenvalue weighted by Gasteiger charge is -2.41. The number of methoxy groups -OCH3 is 1. The van der Waals surface area contributed by atoms with Crippen LogP contribution in [0.5, 0.6) is 11.5 Å². The fraction of sp³-hybridized carbons (Fsp3) is 0.708. The first-order valence-corrected chi connectivity index (χ1v) is 16.7. The standard InChI is InChI=1S/C24H44O4Si2/c1-17(18(2)25)22(28-30(12,13)24(6,7)8)19-14-15-20(21(16-19)26-9)27-29(10,11)23(3,4)5/h14-17,22H,1-13H3/t17-,22-/m1/s1. The molecule has 172 valence electrons. The van der Waals surface area contributed by atoms with Crippen molar-refractivity contribution in [3.63, 3.8) is 0 Å². The SMILES string of the molecule is COc1cc([C@H](O[Si](C)(C)C(C)(C)C)[C@H](C)C(C)=O)ccc1O[Si](C)(C)C(C)(C)C. The fourth-order valence-electron chi connectivity index (χ4n) is 2.54. The number of hydrogen-bond donors (Lipinski definition) is 0. The molecule has 0 fully saturated rings. The molecular formula is C24H44O4Si2. The van der Waals surface area contributed by atoms with E-state index < -0.39 is 16.6 Å². The second-order valence-electron chi connectivity index (χ2n) is 11.5. The second-order valence-corrected chi connectivity index (χ2v) is 21.0. The van der Waals surface area contributed by atoms with Gasteiger partial charge >= 0.3 is 0 Å². The molecule has 1 aromatic rings. The summed E-state index contributed by atoms with van der Waals surface area (Å²) in [6.07, 6.45) is -0.306. The van der Waals surface area contributed by atoms with Crippen LogP contribution in [-0.4, -0.2) is 29.5 Å². The van der Waals surface area contributed by atoms with Gasteiger partial charge in [0.05, 0.1) is 13.2 Å². The van der Waals surface area contributed by atoms with Crippen molar-refractivity contribution in [2.75, 3.05) is 7.11 Å². The number of Topliss-reactive ketones (excluding diaryl/α,β-unsaturated/α-hetero) is 1. The quantitative estimate of drug-likeness (QED) is 0.386. The van der Waals surface area contributed by atoms with Crippen LogP contribution in [0.25, 0.3) is 0 Å². The van der Waals surface area contributed by atoms with Crippen LogP contribution in [0.2, 0.25) is 36.3 Å². The third kappa shape index (κ3) is 6.20. The van der Waals surface area contributed by atoms with E-state index in [-0.39, 0.29) is 27.9 Å². The van der Waals surface area contributed by atoms with Gasteiger partial charge in [0.15, 0.2) is 14.1 Å². The number of rotatable bonds is 8. The Balaban J connectivity index is 3.41. The minimum Gasteiger partial charge on any atom is -0.541 e. The van der Waals surface area contributed by atoms with Gasteiger partial charge in [-0.1, -0.05) is 54.5 Å². The van der Waals surface area contributed by atoms with Crippen LogP contribution in [0.3, 0.4) is 0 Å². The Morgan fingerprint density at radius 2 is 1.40 bits per heavy atom. The lowest BCUT2D eigenvalue weighted by molar-refractivity contribution is -0.123. The Bertz CT molecular complexity index is 743. The van der Waals surface area contributed by atoms with Gasteiger partial charge in [-0.15, -0.1) is 0 Å². The highest BCUT2D eigenvalue weighted by Crippen LogP contribution is 2.44.